The molecular weight excluding hydrogens is 272 g/mol. The molecule has 0 unspecified atom stereocenters. The SMILES string of the molecule is CCn1nc(C)c(Cl)c1CC(=O)C1CCC(C)(C)CC1. The standard InChI is InChI=1S/C16H25ClN2O/c1-5-19-13(15(17)11(2)18-19)10-14(20)12-6-8-16(3,4)9-7-12/h12H,5-10H2,1-4H3. The number of aromatic nitrogens is 2. The number of aryl methyl sites for hydroxylation is 2. The summed E-state index contributed by atoms with van der Waals surface area (Å²) in [5.41, 5.74) is 2.11. The minimum absolute atomic E-state index is 0.208. The highest BCUT2D eigenvalue weighted by molar-refractivity contribution is 6.32. The maximum absolute atomic E-state index is 12.5. The predicted octanol–water partition coefficient (Wildman–Crippen LogP) is 4.19. The molecule has 1 fully saturated rings. The van der Waals surface area contributed by atoms with E-state index in [-0.39, 0.29) is 5.92 Å². The summed E-state index contributed by atoms with van der Waals surface area (Å²) < 4.78 is 1.86. The highest BCUT2D eigenvalue weighted by Gasteiger charge is 2.31. The van der Waals surface area contributed by atoms with Gasteiger partial charge in [-0.3, -0.25) is 9.48 Å². The number of carbonyl (C=O) groups excluding carboxylic acids is 1. The zero-order valence-corrected chi connectivity index (χ0v) is 13.8. The van der Waals surface area contributed by atoms with Crippen LogP contribution < -0.4 is 0 Å². The van der Waals surface area contributed by atoms with Crippen molar-refractivity contribution in [2.45, 2.75) is 66.3 Å². The molecule has 1 aromatic heterocycles. The third kappa shape index (κ3) is 3.25. The first kappa shape index (κ1) is 15.6. The van der Waals surface area contributed by atoms with Gasteiger partial charge in [0.25, 0.3) is 0 Å². The van der Waals surface area contributed by atoms with E-state index in [0.717, 1.165) is 43.6 Å². The largest absolute Gasteiger partial charge is 0.299 e. The molecule has 3 nitrogen and oxygen atoms in total. The number of hydrogen-bond donors (Lipinski definition) is 0. The van der Waals surface area contributed by atoms with Gasteiger partial charge in [-0.1, -0.05) is 25.4 Å². The van der Waals surface area contributed by atoms with Crippen LogP contribution in [0.1, 0.15) is 57.8 Å². The zero-order valence-electron chi connectivity index (χ0n) is 13.0. The van der Waals surface area contributed by atoms with Gasteiger partial charge in [0.05, 0.1) is 22.8 Å². The van der Waals surface area contributed by atoms with Crippen LogP contribution in [-0.2, 0) is 17.8 Å². The van der Waals surface area contributed by atoms with Gasteiger partial charge in [0, 0.05) is 12.5 Å². The fourth-order valence-corrected chi connectivity index (χ4v) is 3.27. The van der Waals surface area contributed by atoms with E-state index in [1.807, 2.05) is 18.5 Å². The van der Waals surface area contributed by atoms with E-state index in [2.05, 4.69) is 18.9 Å². The Balaban J connectivity index is 2.05. The molecule has 1 aliphatic rings. The maximum Gasteiger partial charge on any atom is 0.141 e. The summed E-state index contributed by atoms with van der Waals surface area (Å²) >= 11 is 6.29. The molecule has 0 spiro atoms. The molecule has 2 rings (SSSR count). The van der Waals surface area contributed by atoms with E-state index in [1.165, 1.54) is 0 Å². The van der Waals surface area contributed by atoms with Crippen molar-refractivity contribution in [3.8, 4) is 0 Å². The van der Waals surface area contributed by atoms with Crippen molar-refractivity contribution < 1.29 is 4.79 Å². The Labute approximate surface area is 126 Å². The lowest BCUT2D eigenvalue weighted by Crippen LogP contribution is -2.27. The average molecular weight is 297 g/mol. The van der Waals surface area contributed by atoms with Crippen LogP contribution in [0.4, 0.5) is 0 Å². The molecule has 0 aromatic carbocycles. The monoisotopic (exact) mass is 296 g/mol. The Morgan fingerprint density at radius 2 is 2.00 bits per heavy atom. The summed E-state index contributed by atoms with van der Waals surface area (Å²) in [6.07, 6.45) is 4.75. The molecule has 0 amide bonds. The van der Waals surface area contributed by atoms with Crippen molar-refractivity contribution in [3.63, 3.8) is 0 Å². The fourth-order valence-electron chi connectivity index (χ4n) is 3.07. The van der Waals surface area contributed by atoms with Crippen LogP contribution in [-0.4, -0.2) is 15.6 Å². The van der Waals surface area contributed by atoms with Crippen LogP contribution in [0.2, 0.25) is 5.02 Å². The molecule has 4 heteroatoms. The fraction of sp³-hybridized carbons (Fsp3) is 0.750. The third-order valence-corrected chi connectivity index (χ3v) is 5.08. The molecule has 112 valence electrons. The van der Waals surface area contributed by atoms with Gasteiger partial charge < -0.3 is 0 Å². The minimum Gasteiger partial charge on any atom is -0.299 e. The van der Waals surface area contributed by atoms with Crippen LogP contribution in [0.3, 0.4) is 0 Å². The van der Waals surface area contributed by atoms with Crippen molar-refractivity contribution in [2.75, 3.05) is 0 Å². The zero-order chi connectivity index (χ0) is 14.9. The van der Waals surface area contributed by atoms with Crippen molar-refractivity contribution in [1.29, 1.82) is 0 Å². The van der Waals surface area contributed by atoms with Gasteiger partial charge in [0.2, 0.25) is 0 Å². The maximum atomic E-state index is 12.5. The lowest BCUT2D eigenvalue weighted by molar-refractivity contribution is -0.123. The van der Waals surface area contributed by atoms with Gasteiger partial charge in [-0.15, -0.1) is 0 Å². The van der Waals surface area contributed by atoms with Crippen LogP contribution in [0.15, 0.2) is 0 Å². The average Bonchev–Trinajstić information content (AvgIpc) is 2.66. The molecule has 1 saturated carbocycles. The van der Waals surface area contributed by atoms with E-state index in [9.17, 15) is 4.79 Å². The molecule has 0 N–H and O–H groups in total. The van der Waals surface area contributed by atoms with Gasteiger partial charge in [-0.05, 0) is 44.9 Å². The van der Waals surface area contributed by atoms with Gasteiger partial charge in [0.1, 0.15) is 5.78 Å². The van der Waals surface area contributed by atoms with E-state index in [0.29, 0.717) is 22.6 Å². The van der Waals surface area contributed by atoms with E-state index in [4.69, 9.17) is 11.6 Å². The second-order valence-corrected chi connectivity index (χ2v) is 7.12. The Bertz CT molecular complexity index is 495. The van der Waals surface area contributed by atoms with Crippen molar-refractivity contribution in [3.05, 3.63) is 16.4 Å². The van der Waals surface area contributed by atoms with Crippen molar-refractivity contribution >= 4 is 17.4 Å². The molecule has 1 aromatic rings. The summed E-state index contributed by atoms with van der Waals surface area (Å²) in [7, 11) is 0. The first-order valence-electron chi connectivity index (χ1n) is 7.58. The van der Waals surface area contributed by atoms with E-state index < -0.39 is 0 Å². The summed E-state index contributed by atoms with van der Waals surface area (Å²) in [6, 6.07) is 0. The molecular formula is C16H25ClN2O. The first-order valence-corrected chi connectivity index (χ1v) is 7.96. The highest BCUT2D eigenvalue weighted by atomic mass is 35.5. The molecule has 0 atom stereocenters. The topological polar surface area (TPSA) is 34.9 Å². The second-order valence-electron chi connectivity index (χ2n) is 6.74. The number of rotatable bonds is 4. The summed E-state index contributed by atoms with van der Waals surface area (Å²) in [6.45, 7) is 9.26. The van der Waals surface area contributed by atoms with Crippen LogP contribution in [0.5, 0.6) is 0 Å². The van der Waals surface area contributed by atoms with Crippen molar-refractivity contribution in [1.82, 2.24) is 9.78 Å². The van der Waals surface area contributed by atoms with E-state index >= 15 is 0 Å². The van der Waals surface area contributed by atoms with Gasteiger partial charge >= 0.3 is 0 Å². The summed E-state index contributed by atoms with van der Waals surface area (Å²) in [4.78, 5) is 12.5. The number of nitrogens with zero attached hydrogens (tertiary/aromatic N) is 2. The summed E-state index contributed by atoms with van der Waals surface area (Å²) in [5, 5.41) is 5.05. The van der Waals surface area contributed by atoms with Gasteiger partial charge in [-0.25, -0.2) is 0 Å². The number of halogens is 1. The smallest absolute Gasteiger partial charge is 0.141 e. The van der Waals surface area contributed by atoms with Crippen LogP contribution in [0, 0.1) is 18.3 Å². The van der Waals surface area contributed by atoms with Crippen LogP contribution >= 0.6 is 11.6 Å². The molecule has 1 heterocycles. The third-order valence-electron chi connectivity index (χ3n) is 4.59. The summed E-state index contributed by atoms with van der Waals surface area (Å²) in [5.74, 6) is 0.539. The lowest BCUT2D eigenvalue weighted by Gasteiger charge is -2.33. The molecule has 0 bridgehead atoms. The molecule has 0 saturated heterocycles. The Morgan fingerprint density at radius 1 is 1.40 bits per heavy atom. The Hall–Kier alpha value is -0.830. The van der Waals surface area contributed by atoms with Crippen LogP contribution in [0.25, 0.3) is 0 Å². The Kier molecular flexibility index (Phi) is 4.58. The molecule has 20 heavy (non-hydrogen) atoms. The minimum atomic E-state index is 0.208. The number of Topliss-reactive ketones (excluding diaryl/α,β-unsaturated/α-hetero) is 1. The molecule has 0 aliphatic heterocycles. The highest BCUT2D eigenvalue weighted by Crippen LogP contribution is 2.38. The number of ketones is 1. The Morgan fingerprint density at radius 3 is 2.55 bits per heavy atom. The van der Waals surface area contributed by atoms with Gasteiger partial charge in [-0.2, -0.15) is 5.10 Å². The second kappa shape index (κ2) is 5.88. The lowest BCUT2D eigenvalue weighted by atomic mass is 9.71. The first-order chi connectivity index (χ1) is 9.34. The quantitative estimate of drug-likeness (QED) is 0.835. The number of hydrogen-bond acceptors (Lipinski definition) is 2. The normalized spacial score (nSPS) is 19.2. The van der Waals surface area contributed by atoms with Crippen molar-refractivity contribution in [2.24, 2.45) is 11.3 Å². The molecule has 0 radical (unpaired) electrons. The number of carbonyl (C=O) groups is 1. The predicted molar refractivity (Wildman–Crippen MR) is 82.1 cm³/mol. The van der Waals surface area contributed by atoms with Gasteiger partial charge in [0.15, 0.2) is 0 Å². The van der Waals surface area contributed by atoms with E-state index in [1.54, 1.807) is 0 Å². The molecule has 1 aliphatic carbocycles.